The first kappa shape index (κ1) is 26.2. The van der Waals surface area contributed by atoms with Crippen LogP contribution < -0.4 is 0 Å². The van der Waals surface area contributed by atoms with Crippen molar-refractivity contribution in [3.05, 3.63) is 34.9 Å². The van der Waals surface area contributed by atoms with Crippen LogP contribution in [0.5, 0.6) is 0 Å². The van der Waals surface area contributed by atoms with Crippen LogP contribution in [0.25, 0.3) is 0 Å². The van der Waals surface area contributed by atoms with Crippen molar-refractivity contribution in [3.63, 3.8) is 0 Å². The number of benzene rings is 1. The van der Waals surface area contributed by atoms with Gasteiger partial charge in [-0.05, 0) is 104 Å². The summed E-state index contributed by atoms with van der Waals surface area (Å²) < 4.78 is 22.0. The fourth-order valence-corrected chi connectivity index (χ4v) is 11.5. The van der Waals surface area contributed by atoms with Gasteiger partial charge in [0.1, 0.15) is 6.10 Å². The number of carbonyl (C=O) groups is 1. The Morgan fingerprint density at radius 3 is 2.24 bits per heavy atom. The van der Waals surface area contributed by atoms with Crippen LogP contribution in [0.1, 0.15) is 108 Å². The maximum absolute atomic E-state index is 16.2. The molecule has 1 aromatic rings. The first-order valence-corrected chi connectivity index (χ1v) is 16.7. The molecule has 1 heterocycles. The summed E-state index contributed by atoms with van der Waals surface area (Å²) in [5.41, 5.74) is 1.39. The van der Waals surface area contributed by atoms with Crippen LogP contribution in [-0.4, -0.2) is 20.5 Å². The second-order valence-corrected chi connectivity index (χ2v) is 16.4. The summed E-state index contributed by atoms with van der Waals surface area (Å²) in [5.74, 6) is 1.28. The van der Waals surface area contributed by atoms with Crippen molar-refractivity contribution < 1.29 is 13.6 Å². The van der Waals surface area contributed by atoms with Crippen LogP contribution in [0.15, 0.2) is 24.3 Å². The van der Waals surface area contributed by atoms with E-state index in [0.717, 1.165) is 24.7 Å². The third kappa shape index (κ3) is 6.27. The summed E-state index contributed by atoms with van der Waals surface area (Å²) in [6.45, 7) is 4.71. The third-order valence-electron chi connectivity index (χ3n) is 9.51. The van der Waals surface area contributed by atoms with E-state index in [1.807, 2.05) is 0 Å². The Labute approximate surface area is 212 Å². The summed E-state index contributed by atoms with van der Waals surface area (Å²) in [7, 11) is -2.76. The molecule has 0 radical (unpaired) electrons. The largest absolute Gasteiger partial charge is 0.459 e. The molecule has 34 heavy (non-hydrogen) atoms. The maximum Gasteiger partial charge on any atom is 0.338 e. The van der Waals surface area contributed by atoms with Gasteiger partial charge in [0.15, 0.2) is 0 Å². The second kappa shape index (κ2) is 11.5. The SMILES string of the molecule is CC(C)CCC1(C2CCC([Si]3(F)CCC(OC(=O)c4ccc(Cl)cc4)CC3)CC2)CCCCC1. The Morgan fingerprint density at radius 1 is 1.03 bits per heavy atom. The highest BCUT2D eigenvalue weighted by Crippen LogP contribution is 2.55. The van der Waals surface area contributed by atoms with Gasteiger partial charge < -0.3 is 8.84 Å². The quantitative estimate of drug-likeness (QED) is 0.209. The molecule has 2 nitrogen and oxygen atoms in total. The minimum Gasteiger partial charge on any atom is -0.459 e. The van der Waals surface area contributed by atoms with E-state index in [-0.39, 0.29) is 12.1 Å². The van der Waals surface area contributed by atoms with E-state index in [0.29, 0.717) is 46.5 Å². The predicted molar refractivity (Wildman–Crippen MR) is 142 cm³/mol. The molecule has 2 saturated carbocycles. The van der Waals surface area contributed by atoms with Gasteiger partial charge in [0.25, 0.3) is 0 Å². The van der Waals surface area contributed by atoms with Gasteiger partial charge in [0.2, 0.25) is 8.41 Å². The van der Waals surface area contributed by atoms with Crippen LogP contribution in [0, 0.1) is 17.3 Å². The van der Waals surface area contributed by atoms with Gasteiger partial charge in [-0.3, -0.25) is 0 Å². The van der Waals surface area contributed by atoms with E-state index in [4.69, 9.17) is 16.3 Å². The van der Waals surface area contributed by atoms with Gasteiger partial charge >= 0.3 is 5.97 Å². The van der Waals surface area contributed by atoms with E-state index in [9.17, 15) is 4.79 Å². The number of hydrogen-bond donors (Lipinski definition) is 0. The van der Waals surface area contributed by atoms with Crippen molar-refractivity contribution in [3.8, 4) is 0 Å². The first-order chi connectivity index (χ1) is 16.3. The normalized spacial score (nSPS) is 31.9. The molecule has 3 aliphatic rings. The van der Waals surface area contributed by atoms with Crippen LogP contribution in [0.4, 0.5) is 4.11 Å². The fraction of sp³-hybridized carbons (Fsp3) is 0.759. The lowest BCUT2D eigenvalue weighted by Crippen LogP contribution is -2.44. The lowest BCUT2D eigenvalue weighted by Gasteiger charge is -2.49. The molecule has 0 amide bonds. The standard InChI is InChI=1S/C29H44ClFO2Si/c1-22(2)14-19-29(17-4-3-5-18-29)24-8-12-27(13-9-24)34(31)20-15-26(16-21-34)33-28(32)23-6-10-25(30)11-7-23/h6-7,10-11,22,24,26-27H,3-5,8-9,12-21H2,1-2H3. The second-order valence-electron chi connectivity index (χ2n) is 12.1. The van der Waals surface area contributed by atoms with Crippen LogP contribution >= 0.6 is 11.6 Å². The molecule has 0 unspecified atom stereocenters. The van der Waals surface area contributed by atoms with Gasteiger partial charge in [-0.1, -0.05) is 64.0 Å². The van der Waals surface area contributed by atoms with Crippen molar-refractivity contribution in [2.75, 3.05) is 0 Å². The highest BCUT2D eigenvalue weighted by atomic mass is 35.5. The molecule has 0 aromatic heterocycles. The molecule has 0 atom stereocenters. The van der Waals surface area contributed by atoms with Gasteiger partial charge in [0, 0.05) is 5.02 Å². The van der Waals surface area contributed by atoms with E-state index in [2.05, 4.69) is 13.8 Å². The van der Waals surface area contributed by atoms with E-state index in [1.165, 1.54) is 57.8 Å². The predicted octanol–water partition coefficient (Wildman–Crippen LogP) is 9.52. The Balaban J connectivity index is 1.28. The molecule has 1 saturated heterocycles. The highest BCUT2D eigenvalue weighted by molar-refractivity contribution is 6.74. The minimum absolute atomic E-state index is 0.141. The molecule has 0 bridgehead atoms. The minimum atomic E-state index is -2.76. The first-order valence-electron chi connectivity index (χ1n) is 14.0. The molecule has 2 aliphatic carbocycles. The number of rotatable bonds is 7. The fourth-order valence-electron chi connectivity index (χ4n) is 7.32. The molecule has 1 aliphatic heterocycles. The number of ether oxygens (including phenoxy) is 1. The summed E-state index contributed by atoms with van der Waals surface area (Å²) >= 11 is 5.91. The number of hydrogen-bond acceptors (Lipinski definition) is 2. The van der Waals surface area contributed by atoms with Crippen molar-refractivity contribution >= 4 is 26.0 Å². The maximum atomic E-state index is 16.2. The lowest BCUT2D eigenvalue weighted by molar-refractivity contribution is 0.0264. The van der Waals surface area contributed by atoms with E-state index < -0.39 is 8.41 Å². The van der Waals surface area contributed by atoms with E-state index in [1.54, 1.807) is 24.3 Å². The Hall–Kier alpha value is -0.873. The average molecular weight is 507 g/mol. The molecular weight excluding hydrogens is 463 g/mol. The highest BCUT2D eigenvalue weighted by Gasteiger charge is 2.49. The zero-order chi connectivity index (χ0) is 24.2. The van der Waals surface area contributed by atoms with Gasteiger partial charge in [-0.2, -0.15) is 0 Å². The lowest BCUT2D eigenvalue weighted by atomic mass is 9.59. The molecule has 5 heteroatoms. The number of carbonyl (C=O) groups excluding carboxylic acids is 1. The zero-order valence-electron chi connectivity index (χ0n) is 21.3. The molecular formula is C29H44ClFO2Si. The summed E-state index contributed by atoms with van der Waals surface area (Å²) in [6.07, 6.45) is 15.7. The Bertz CT molecular complexity index is 789. The Kier molecular flexibility index (Phi) is 8.83. The summed E-state index contributed by atoms with van der Waals surface area (Å²) in [5, 5.41) is 0.603. The van der Waals surface area contributed by atoms with Gasteiger partial charge in [0.05, 0.1) is 5.56 Å². The monoisotopic (exact) mass is 506 g/mol. The van der Waals surface area contributed by atoms with Crippen molar-refractivity contribution in [1.82, 2.24) is 0 Å². The topological polar surface area (TPSA) is 26.3 Å². The molecule has 0 N–H and O–H groups in total. The van der Waals surface area contributed by atoms with Crippen molar-refractivity contribution in [2.45, 2.75) is 121 Å². The van der Waals surface area contributed by atoms with Crippen LogP contribution in [-0.2, 0) is 4.74 Å². The van der Waals surface area contributed by atoms with Crippen molar-refractivity contribution in [1.29, 1.82) is 0 Å². The number of esters is 1. The third-order valence-corrected chi connectivity index (χ3v) is 14.0. The van der Waals surface area contributed by atoms with Crippen LogP contribution in [0.2, 0.25) is 22.7 Å². The molecule has 1 aromatic carbocycles. The summed E-state index contributed by atoms with van der Waals surface area (Å²) in [6, 6.07) is 8.13. The average Bonchev–Trinajstić information content (AvgIpc) is 2.85. The van der Waals surface area contributed by atoms with Crippen molar-refractivity contribution in [2.24, 2.45) is 17.3 Å². The molecule has 190 valence electrons. The smallest absolute Gasteiger partial charge is 0.338 e. The summed E-state index contributed by atoms with van der Waals surface area (Å²) in [4.78, 5) is 12.5. The van der Waals surface area contributed by atoms with Crippen LogP contribution in [0.3, 0.4) is 0 Å². The van der Waals surface area contributed by atoms with E-state index >= 15 is 4.11 Å². The number of halogens is 2. The zero-order valence-corrected chi connectivity index (χ0v) is 23.1. The van der Waals surface area contributed by atoms with Gasteiger partial charge in [-0.15, -0.1) is 0 Å². The molecule has 4 rings (SSSR count). The molecule has 0 spiro atoms. The Morgan fingerprint density at radius 2 is 1.65 bits per heavy atom. The molecule has 3 fully saturated rings. The van der Waals surface area contributed by atoms with Gasteiger partial charge in [-0.25, -0.2) is 4.79 Å².